The maximum absolute atomic E-state index is 13.6. The molecule has 0 saturated heterocycles. The topological polar surface area (TPSA) is 51.2 Å². The van der Waals surface area contributed by atoms with E-state index in [1.54, 1.807) is 36.7 Å². The van der Waals surface area contributed by atoms with Crippen molar-refractivity contribution in [2.75, 3.05) is 0 Å². The zero-order valence-corrected chi connectivity index (χ0v) is 14.8. The van der Waals surface area contributed by atoms with E-state index < -0.39 is 0 Å². The van der Waals surface area contributed by atoms with Crippen LogP contribution in [0.3, 0.4) is 0 Å². The van der Waals surface area contributed by atoms with Crippen LogP contribution in [-0.4, -0.2) is 10.9 Å². The predicted molar refractivity (Wildman–Crippen MR) is 103 cm³/mol. The molecule has 3 aromatic rings. The number of pyridine rings is 1. The molecular weight excluding hydrogens is 343 g/mol. The molecule has 0 aliphatic carbocycles. The first kappa shape index (κ1) is 18.3. The Morgan fingerprint density at radius 2 is 1.93 bits per heavy atom. The standard InChI is InChI=1S/C22H19FN2O2/c1-16(25-22(26)12-11-17-6-2-3-10-21(17)23)18-7-4-8-19(14-18)27-20-9-5-13-24-15-20/h2-16H,1H3,(H,25,26)/b12-11+/t16-/m0/s1. The van der Waals surface area contributed by atoms with E-state index in [0.29, 0.717) is 17.1 Å². The van der Waals surface area contributed by atoms with Gasteiger partial charge < -0.3 is 10.1 Å². The quantitative estimate of drug-likeness (QED) is 0.634. The van der Waals surface area contributed by atoms with Gasteiger partial charge in [0.15, 0.2) is 0 Å². The first-order valence-electron chi connectivity index (χ1n) is 8.53. The van der Waals surface area contributed by atoms with Gasteiger partial charge >= 0.3 is 0 Å². The summed E-state index contributed by atoms with van der Waals surface area (Å²) in [6, 6.07) is 17.1. The molecule has 0 spiro atoms. The molecule has 0 saturated carbocycles. The van der Waals surface area contributed by atoms with Crippen molar-refractivity contribution in [3.63, 3.8) is 0 Å². The molecule has 1 amide bonds. The Balaban J connectivity index is 1.63. The minimum atomic E-state index is -0.366. The minimum Gasteiger partial charge on any atom is -0.456 e. The smallest absolute Gasteiger partial charge is 0.244 e. The van der Waals surface area contributed by atoms with Crippen LogP contribution in [0, 0.1) is 5.82 Å². The zero-order chi connectivity index (χ0) is 19.1. The van der Waals surface area contributed by atoms with Crippen LogP contribution in [0.5, 0.6) is 11.5 Å². The average molecular weight is 362 g/mol. The van der Waals surface area contributed by atoms with Gasteiger partial charge in [-0.05, 0) is 48.9 Å². The predicted octanol–water partition coefficient (Wildman–Crippen LogP) is 4.90. The fourth-order valence-electron chi connectivity index (χ4n) is 2.51. The summed E-state index contributed by atoms with van der Waals surface area (Å²) < 4.78 is 19.4. The molecule has 2 aromatic carbocycles. The summed E-state index contributed by atoms with van der Waals surface area (Å²) in [7, 11) is 0. The highest BCUT2D eigenvalue weighted by Crippen LogP contribution is 2.24. The van der Waals surface area contributed by atoms with Crippen molar-refractivity contribution in [1.82, 2.24) is 10.3 Å². The first-order chi connectivity index (χ1) is 13.1. The van der Waals surface area contributed by atoms with Gasteiger partial charge in [-0.2, -0.15) is 0 Å². The summed E-state index contributed by atoms with van der Waals surface area (Å²) in [5.74, 6) is 0.627. The minimum absolute atomic E-state index is 0.236. The maximum atomic E-state index is 13.6. The summed E-state index contributed by atoms with van der Waals surface area (Å²) >= 11 is 0. The number of ether oxygens (including phenoxy) is 1. The van der Waals surface area contributed by atoms with E-state index >= 15 is 0 Å². The number of benzene rings is 2. The van der Waals surface area contributed by atoms with Gasteiger partial charge in [0.2, 0.25) is 5.91 Å². The average Bonchev–Trinajstić information content (AvgIpc) is 2.68. The van der Waals surface area contributed by atoms with Crippen LogP contribution < -0.4 is 10.1 Å². The second-order valence-electron chi connectivity index (χ2n) is 5.95. The van der Waals surface area contributed by atoms with Crippen LogP contribution in [0.4, 0.5) is 4.39 Å². The Morgan fingerprint density at radius 3 is 2.70 bits per heavy atom. The lowest BCUT2D eigenvalue weighted by molar-refractivity contribution is -0.117. The largest absolute Gasteiger partial charge is 0.456 e. The van der Waals surface area contributed by atoms with Gasteiger partial charge in [-0.1, -0.05) is 30.3 Å². The van der Waals surface area contributed by atoms with E-state index in [1.807, 2.05) is 37.3 Å². The zero-order valence-electron chi connectivity index (χ0n) is 14.8. The Morgan fingerprint density at radius 1 is 1.11 bits per heavy atom. The Hall–Kier alpha value is -3.47. The van der Waals surface area contributed by atoms with Crippen LogP contribution in [0.25, 0.3) is 6.08 Å². The monoisotopic (exact) mass is 362 g/mol. The number of hydrogen-bond donors (Lipinski definition) is 1. The van der Waals surface area contributed by atoms with Crippen molar-refractivity contribution in [2.45, 2.75) is 13.0 Å². The Labute approximate surface area is 157 Å². The van der Waals surface area contributed by atoms with E-state index in [9.17, 15) is 9.18 Å². The molecule has 1 atom stereocenters. The van der Waals surface area contributed by atoms with Crippen molar-refractivity contribution in [3.05, 3.63) is 96.1 Å². The van der Waals surface area contributed by atoms with Gasteiger partial charge in [-0.25, -0.2) is 4.39 Å². The normalized spacial score (nSPS) is 11.9. The molecule has 0 aliphatic heterocycles. The van der Waals surface area contributed by atoms with Gasteiger partial charge in [-0.15, -0.1) is 0 Å². The Kier molecular flexibility index (Phi) is 5.94. The third-order valence-corrected chi connectivity index (χ3v) is 3.91. The fraction of sp³-hybridized carbons (Fsp3) is 0.0909. The molecule has 3 rings (SSSR count). The third kappa shape index (κ3) is 5.25. The third-order valence-electron chi connectivity index (χ3n) is 3.91. The van der Waals surface area contributed by atoms with Crippen molar-refractivity contribution >= 4 is 12.0 Å². The second-order valence-corrected chi connectivity index (χ2v) is 5.95. The molecule has 0 aliphatic rings. The number of rotatable bonds is 6. The Bertz CT molecular complexity index is 942. The van der Waals surface area contributed by atoms with Crippen LogP contribution >= 0.6 is 0 Å². The van der Waals surface area contributed by atoms with Crippen LogP contribution in [0.15, 0.2) is 79.1 Å². The van der Waals surface area contributed by atoms with Gasteiger partial charge in [0.1, 0.15) is 17.3 Å². The van der Waals surface area contributed by atoms with Gasteiger partial charge in [-0.3, -0.25) is 9.78 Å². The molecule has 1 N–H and O–H groups in total. The summed E-state index contributed by atoms with van der Waals surface area (Å²) in [5.41, 5.74) is 1.26. The molecule has 27 heavy (non-hydrogen) atoms. The summed E-state index contributed by atoms with van der Waals surface area (Å²) in [4.78, 5) is 16.1. The summed E-state index contributed by atoms with van der Waals surface area (Å²) in [6.07, 6.45) is 6.09. The van der Waals surface area contributed by atoms with Crippen molar-refractivity contribution in [2.24, 2.45) is 0 Å². The molecule has 0 bridgehead atoms. The number of carbonyl (C=O) groups excluding carboxylic acids is 1. The maximum Gasteiger partial charge on any atom is 0.244 e. The van der Waals surface area contributed by atoms with Crippen molar-refractivity contribution < 1.29 is 13.9 Å². The van der Waals surface area contributed by atoms with Crippen LogP contribution in [0.1, 0.15) is 24.1 Å². The number of amides is 1. The SMILES string of the molecule is C[C@H](NC(=O)/C=C/c1ccccc1F)c1cccc(Oc2cccnc2)c1. The van der Waals surface area contributed by atoms with Crippen molar-refractivity contribution in [3.8, 4) is 11.5 Å². The molecule has 5 heteroatoms. The highest BCUT2D eigenvalue weighted by molar-refractivity contribution is 5.92. The molecule has 0 unspecified atom stereocenters. The molecule has 4 nitrogen and oxygen atoms in total. The van der Waals surface area contributed by atoms with Crippen molar-refractivity contribution in [1.29, 1.82) is 0 Å². The number of hydrogen-bond acceptors (Lipinski definition) is 3. The molecule has 1 aromatic heterocycles. The number of nitrogens with zero attached hydrogens (tertiary/aromatic N) is 1. The van der Waals surface area contributed by atoms with E-state index in [0.717, 1.165) is 5.56 Å². The highest BCUT2D eigenvalue weighted by atomic mass is 19.1. The van der Waals surface area contributed by atoms with E-state index in [2.05, 4.69) is 10.3 Å². The lowest BCUT2D eigenvalue weighted by atomic mass is 10.1. The van der Waals surface area contributed by atoms with Gasteiger partial charge in [0, 0.05) is 17.8 Å². The number of aromatic nitrogens is 1. The fourth-order valence-corrected chi connectivity index (χ4v) is 2.51. The van der Waals surface area contributed by atoms with E-state index in [-0.39, 0.29) is 17.8 Å². The highest BCUT2D eigenvalue weighted by Gasteiger charge is 2.09. The molecule has 136 valence electrons. The van der Waals surface area contributed by atoms with E-state index in [1.165, 1.54) is 18.2 Å². The number of halogens is 1. The number of carbonyl (C=O) groups is 1. The van der Waals surface area contributed by atoms with Crippen LogP contribution in [0.2, 0.25) is 0 Å². The van der Waals surface area contributed by atoms with Gasteiger partial charge in [0.05, 0.1) is 12.2 Å². The molecule has 0 fully saturated rings. The van der Waals surface area contributed by atoms with Crippen LogP contribution in [-0.2, 0) is 4.79 Å². The lowest BCUT2D eigenvalue weighted by Crippen LogP contribution is -2.24. The van der Waals surface area contributed by atoms with Gasteiger partial charge in [0.25, 0.3) is 0 Å². The lowest BCUT2D eigenvalue weighted by Gasteiger charge is -2.14. The number of nitrogens with one attached hydrogen (secondary N) is 1. The van der Waals surface area contributed by atoms with E-state index in [4.69, 9.17) is 4.74 Å². The molecule has 0 radical (unpaired) electrons. The summed E-state index contributed by atoms with van der Waals surface area (Å²) in [6.45, 7) is 1.87. The molecular formula is C22H19FN2O2. The second kappa shape index (κ2) is 8.76. The summed E-state index contributed by atoms with van der Waals surface area (Å²) in [5, 5.41) is 2.86. The molecule has 1 heterocycles. The first-order valence-corrected chi connectivity index (χ1v) is 8.53.